The van der Waals surface area contributed by atoms with E-state index in [4.69, 9.17) is 9.52 Å². The van der Waals surface area contributed by atoms with Crippen LogP contribution < -0.4 is 0 Å². The molecule has 5 nitrogen and oxygen atoms in total. The Morgan fingerprint density at radius 3 is 2.58 bits per heavy atom. The number of nitrogens with zero attached hydrogens (tertiary/aromatic N) is 2. The molecule has 0 radical (unpaired) electrons. The van der Waals surface area contributed by atoms with Gasteiger partial charge in [0.2, 0.25) is 5.89 Å². The molecule has 1 fully saturated rings. The van der Waals surface area contributed by atoms with Crippen LogP contribution in [0, 0.1) is 11.8 Å². The number of rotatable bonds is 4. The molecule has 1 aliphatic heterocycles. The molecule has 8 heteroatoms. The minimum absolute atomic E-state index is 0.0448. The van der Waals surface area contributed by atoms with Gasteiger partial charge < -0.3 is 9.52 Å². The van der Waals surface area contributed by atoms with E-state index in [0.717, 1.165) is 5.56 Å². The van der Waals surface area contributed by atoms with Crippen LogP contribution in [0.4, 0.5) is 13.2 Å². The molecule has 24 heavy (non-hydrogen) atoms. The van der Waals surface area contributed by atoms with Gasteiger partial charge in [-0.3, -0.25) is 9.69 Å². The lowest BCUT2D eigenvalue weighted by molar-refractivity contribution is -0.188. The predicted molar refractivity (Wildman–Crippen MR) is 77.9 cm³/mol. The topological polar surface area (TPSA) is 66.6 Å². The average molecular weight is 340 g/mol. The molecule has 0 bridgehead atoms. The lowest BCUT2D eigenvalue weighted by Gasteiger charge is -2.18. The highest BCUT2D eigenvalue weighted by atomic mass is 19.4. The van der Waals surface area contributed by atoms with Crippen molar-refractivity contribution < 1.29 is 27.5 Å². The number of oxazole rings is 1. The maximum absolute atomic E-state index is 13.0. The van der Waals surface area contributed by atoms with E-state index in [-0.39, 0.29) is 25.5 Å². The molecule has 0 amide bonds. The number of hydrogen-bond acceptors (Lipinski definition) is 4. The summed E-state index contributed by atoms with van der Waals surface area (Å²) >= 11 is 0. The van der Waals surface area contributed by atoms with E-state index in [1.165, 1.54) is 11.1 Å². The number of carboxylic acids is 1. The van der Waals surface area contributed by atoms with E-state index in [0.29, 0.717) is 5.76 Å². The molecule has 2 aromatic rings. The summed E-state index contributed by atoms with van der Waals surface area (Å²) in [6.45, 7) is -0.505. The Labute approximate surface area is 135 Å². The van der Waals surface area contributed by atoms with Gasteiger partial charge in [-0.25, -0.2) is 4.98 Å². The monoisotopic (exact) mass is 340 g/mol. The number of hydrogen-bond donors (Lipinski definition) is 1. The number of carbonyl (C=O) groups is 1. The molecule has 0 spiro atoms. The van der Waals surface area contributed by atoms with Crippen molar-refractivity contribution in [1.29, 1.82) is 0 Å². The van der Waals surface area contributed by atoms with Gasteiger partial charge in [-0.2, -0.15) is 13.2 Å². The van der Waals surface area contributed by atoms with E-state index in [9.17, 15) is 18.0 Å². The zero-order valence-corrected chi connectivity index (χ0v) is 12.5. The predicted octanol–water partition coefficient (Wildman–Crippen LogP) is 3.04. The van der Waals surface area contributed by atoms with E-state index >= 15 is 0 Å². The lowest BCUT2D eigenvalue weighted by Crippen LogP contribution is -2.33. The van der Waals surface area contributed by atoms with Crippen molar-refractivity contribution in [3.05, 3.63) is 42.4 Å². The largest absolute Gasteiger partial charge is 0.481 e. The van der Waals surface area contributed by atoms with Crippen molar-refractivity contribution in [2.24, 2.45) is 11.8 Å². The Morgan fingerprint density at radius 1 is 1.29 bits per heavy atom. The molecule has 1 aromatic heterocycles. The number of halogens is 3. The molecule has 0 unspecified atom stereocenters. The van der Waals surface area contributed by atoms with E-state index in [1.807, 2.05) is 30.3 Å². The van der Waals surface area contributed by atoms with E-state index in [1.54, 1.807) is 0 Å². The van der Waals surface area contributed by atoms with Gasteiger partial charge in [-0.05, 0) is 0 Å². The fourth-order valence-electron chi connectivity index (χ4n) is 2.91. The molecular weight excluding hydrogens is 325 g/mol. The number of carboxylic acid groups (broad SMARTS) is 1. The molecule has 0 aliphatic carbocycles. The second-order valence-electron chi connectivity index (χ2n) is 5.77. The van der Waals surface area contributed by atoms with Crippen LogP contribution in [0.2, 0.25) is 0 Å². The number of benzene rings is 1. The van der Waals surface area contributed by atoms with Crippen molar-refractivity contribution in [3.8, 4) is 11.3 Å². The third kappa shape index (κ3) is 3.43. The molecule has 3 rings (SSSR count). The van der Waals surface area contributed by atoms with Crippen molar-refractivity contribution >= 4 is 5.97 Å². The van der Waals surface area contributed by atoms with Gasteiger partial charge in [0, 0.05) is 18.7 Å². The summed E-state index contributed by atoms with van der Waals surface area (Å²) in [5.41, 5.74) is 0.814. The summed E-state index contributed by atoms with van der Waals surface area (Å²) in [6.07, 6.45) is -3.03. The Kier molecular flexibility index (Phi) is 4.31. The van der Waals surface area contributed by atoms with Gasteiger partial charge >= 0.3 is 12.1 Å². The number of aliphatic carboxylic acids is 1. The second-order valence-corrected chi connectivity index (χ2v) is 5.77. The van der Waals surface area contributed by atoms with Gasteiger partial charge in [0.15, 0.2) is 5.76 Å². The van der Waals surface area contributed by atoms with Crippen molar-refractivity contribution in [3.63, 3.8) is 0 Å². The first-order valence-electron chi connectivity index (χ1n) is 7.36. The molecule has 2 heterocycles. The third-order valence-corrected chi connectivity index (χ3v) is 4.10. The summed E-state index contributed by atoms with van der Waals surface area (Å²) in [5, 5.41) is 9.02. The summed E-state index contributed by atoms with van der Waals surface area (Å²) in [7, 11) is 0. The fourth-order valence-corrected chi connectivity index (χ4v) is 2.91. The fraction of sp³-hybridized carbons (Fsp3) is 0.375. The van der Waals surface area contributed by atoms with Crippen LogP contribution in [0.15, 0.2) is 40.9 Å². The summed E-state index contributed by atoms with van der Waals surface area (Å²) < 4.78 is 44.5. The molecule has 128 valence electrons. The van der Waals surface area contributed by atoms with Crippen LogP contribution in [0.5, 0.6) is 0 Å². The SMILES string of the molecule is O=C(O)[C@@H]1CN(Cc2ncc(-c3ccccc3)o2)C[C@H]1C(F)(F)F. The highest BCUT2D eigenvalue weighted by molar-refractivity contribution is 5.71. The van der Waals surface area contributed by atoms with Crippen molar-refractivity contribution in [2.75, 3.05) is 13.1 Å². The molecule has 2 atom stereocenters. The highest BCUT2D eigenvalue weighted by Gasteiger charge is 2.52. The van der Waals surface area contributed by atoms with Crippen LogP contribution >= 0.6 is 0 Å². The van der Waals surface area contributed by atoms with Crippen LogP contribution in [-0.4, -0.2) is 40.2 Å². The van der Waals surface area contributed by atoms with Crippen molar-refractivity contribution in [1.82, 2.24) is 9.88 Å². The number of likely N-dealkylation sites (tertiary alicyclic amines) is 1. The molecule has 1 aliphatic rings. The summed E-state index contributed by atoms with van der Waals surface area (Å²) in [6, 6.07) is 9.20. The Balaban J connectivity index is 1.71. The molecule has 1 saturated heterocycles. The smallest absolute Gasteiger partial charge is 0.393 e. The quantitative estimate of drug-likeness (QED) is 0.927. The first-order valence-corrected chi connectivity index (χ1v) is 7.36. The molecule has 1 N–H and O–H groups in total. The van der Waals surface area contributed by atoms with Gasteiger partial charge in [0.25, 0.3) is 0 Å². The average Bonchev–Trinajstić information content (AvgIpc) is 3.15. The van der Waals surface area contributed by atoms with E-state index < -0.39 is 24.0 Å². The summed E-state index contributed by atoms with van der Waals surface area (Å²) in [5.74, 6) is -3.99. The van der Waals surface area contributed by atoms with Crippen LogP contribution in [0.3, 0.4) is 0 Å². The van der Waals surface area contributed by atoms with E-state index in [2.05, 4.69) is 4.98 Å². The number of alkyl halides is 3. The minimum Gasteiger partial charge on any atom is -0.481 e. The first kappa shape index (κ1) is 16.5. The van der Waals surface area contributed by atoms with Gasteiger partial charge in [0.1, 0.15) is 0 Å². The van der Waals surface area contributed by atoms with Crippen LogP contribution in [0.1, 0.15) is 5.89 Å². The third-order valence-electron chi connectivity index (χ3n) is 4.10. The zero-order chi connectivity index (χ0) is 17.3. The van der Waals surface area contributed by atoms with Crippen molar-refractivity contribution in [2.45, 2.75) is 12.7 Å². The maximum atomic E-state index is 13.0. The first-order chi connectivity index (χ1) is 11.3. The molecule has 1 aromatic carbocycles. The Morgan fingerprint density at radius 2 is 2.00 bits per heavy atom. The van der Waals surface area contributed by atoms with Crippen LogP contribution in [-0.2, 0) is 11.3 Å². The molecular formula is C16H15F3N2O3. The van der Waals surface area contributed by atoms with Gasteiger partial charge in [0.05, 0.1) is 24.6 Å². The maximum Gasteiger partial charge on any atom is 0.393 e. The second kappa shape index (κ2) is 6.27. The summed E-state index contributed by atoms with van der Waals surface area (Å²) in [4.78, 5) is 16.6. The lowest BCUT2D eigenvalue weighted by atomic mass is 9.96. The normalized spacial score (nSPS) is 22.0. The van der Waals surface area contributed by atoms with Gasteiger partial charge in [-0.1, -0.05) is 30.3 Å². The Hall–Kier alpha value is -2.35. The Bertz CT molecular complexity index is 715. The standard InChI is InChI=1S/C16H15F3N2O3/c17-16(18,19)12-8-21(7-11(12)15(22)23)9-14-20-6-13(24-14)10-4-2-1-3-5-10/h1-6,11-12H,7-9H2,(H,22,23)/t11-,12-/m1/s1. The highest BCUT2D eigenvalue weighted by Crippen LogP contribution is 2.38. The molecule has 0 saturated carbocycles. The van der Waals surface area contributed by atoms with Crippen LogP contribution in [0.25, 0.3) is 11.3 Å². The zero-order valence-electron chi connectivity index (χ0n) is 12.5. The van der Waals surface area contributed by atoms with Gasteiger partial charge in [-0.15, -0.1) is 0 Å². The number of aromatic nitrogens is 1. The minimum atomic E-state index is -4.54.